The molecule has 0 unspecified atom stereocenters. The summed E-state index contributed by atoms with van der Waals surface area (Å²) >= 11 is 0. The average Bonchev–Trinajstić information content (AvgIpc) is 3.07. The number of amides is 1. The number of ether oxygens (including phenoxy) is 2. The molecule has 1 spiro atoms. The number of hydrogen-bond acceptors (Lipinski definition) is 7. The van der Waals surface area contributed by atoms with Gasteiger partial charge in [0.15, 0.2) is 5.69 Å². The predicted molar refractivity (Wildman–Crippen MR) is 90.7 cm³/mol. The lowest BCUT2D eigenvalue weighted by Crippen LogP contribution is -2.66. The van der Waals surface area contributed by atoms with Crippen molar-refractivity contribution in [1.82, 2.24) is 20.0 Å². The van der Waals surface area contributed by atoms with Gasteiger partial charge < -0.3 is 18.9 Å². The second-order valence-electron chi connectivity index (χ2n) is 7.06. The highest BCUT2D eigenvalue weighted by Crippen LogP contribution is 2.38. The summed E-state index contributed by atoms with van der Waals surface area (Å²) in [5.41, 5.74) is 0.145. The van der Waals surface area contributed by atoms with E-state index in [1.807, 2.05) is 0 Å². The summed E-state index contributed by atoms with van der Waals surface area (Å²) in [7, 11) is 0. The summed E-state index contributed by atoms with van der Waals surface area (Å²) in [5.74, 6) is 1.62. The number of rotatable bonds is 5. The second-order valence-corrected chi connectivity index (χ2v) is 7.06. The van der Waals surface area contributed by atoms with E-state index >= 15 is 0 Å². The summed E-state index contributed by atoms with van der Waals surface area (Å²) < 4.78 is 16.7. The molecule has 0 bridgehead atoms. The van der Waals surface area contributed by atoms with Crippen LogP contribution >= 0.6 is 0 Å². The SMILES string of the molecule is Cc1cc(C(=O)N2CC3(C[C@H](CCOc4cnccn4)CCO3)C2)no1. The van der Waals surface area contributed by atoms with Crippen molar-refractivity contribution in [3.05, 3.63) is 36.1 Å². The molecule has 2 saturated heterocycles. The first-order valence-electron chi connectivity index (χ1n) is 8.89. The zero-order valence-electron chi connectivity index (χ0n) is 14.8. The minimum atomic E-state index is -0.218. The number of likely N-dealkylation sites (tertiary alicyclic amines) is 1. The van der Waals surface area contributed by atoms with Crippen LogP contribution < -0.4 is 4.74 Å². The largest absolute Gasteiger partial charge is 0.477 e. The van der Waals surface area contributed by atoms with E-state index in [0.29, 0.717) is 42.9 Å². The smallest absolute Gasteiger partial charge is 0.276 e. The molecule has 2 aliphatic heterocycles. The molecule has 2 aliphatic rings. The number of aromatic nitrogens is 3. The molecule has 138 valence electrons. The number of aryl methyl sites for hydroxylation is 1. The van der Waals surface area contributed by atoms with E-state index in [-0.39, 0.29) is 11.5 Å². The molecule has 4 heterocycles. The topological polar surface area (TPSA) is 90.6 Å². The maximum Gasteiger partial charge on any atom is 0.276 e. The molecule has 2 fully saturated rings. The Morgan fingerprint density at radius 1 is 1.42 bits per heavy atom. The third kappa shape index (κ3) is 3.55. The second kappa shape index (κ2) is 7.03. The van der Waals surface area contributed by atoms with Gasteiger partial charge in [-0.1, -0.05) is 5.16 Å². The summed E-state index contributed by atoms with van der Waals surface area (Å²) in [5, 5.41) is 3.80. The highest BCUT2D eigenvalue weighted by atomic mass is 16.5. The maximum absolute atomic E-state index is 12.4. The fourth-order valence-electron chi connectivity index (χ4n) is 3.71. The van der Waals surface area contributed by atoms with Gasteiger partial charge in [-0.05, 0) is 32.1 Å². The van der Waals surface area contributed by atoms with Gasteiger partial charge in [0.05, 0.1) is 25.9 Å². The Morgan fingerprint density at radius 3 is 3.04 bits per heavy atom. The molecule has 0 saturated carbocycles. The maximum atomic E-state index is 12.4. The molecule has 4 rings (SSSR count). The fraction of sp³-hybridized carbons (Fsp3) is 0.556. The van der Waals surface area contributed by atoms with Gasteiger partial charge in [0.25, 0.3) is 5.91 Å². The van der Waals surface area contributed by atoms with Crippen LogP contribution in [0.25, 0.3) is 0 Å². The minimum Gasteiger partial charge on any atom is -0.477 e. The van der Waals surface area contributed by atoms with Gasteiger partial charge in [0.2, 0.25) is 5.88 Å². The Bertz CT molecular complexity index is 758. The Morgan fingerprint density at radius 2 is 2.31 bits per heavy atom. The van der Waals surface area contributed by atoms with Gasteiger partial charge in [-0.3, -0.25) is 9.78 Å². The molecule has 0 N–H and O–H groups in total. The highest BCUT2D eigenvalue weighted by Gasteiger charge is 2.49. The lowest BCUT2D eigenvalue weighted by molar-refractivity contribution is -0.167. The molecule has 2 aromatic heterocycles. The van der Waals surface area contributed by atoms with Crippen molar-refractivity contribution in [2.24, 2.45) is 5.92 Å². The molecule has 2 aromatic rings. The molecule has 0 radical (unpaired) electrons. The number of carbonyl (C=O) groups excluding carboxylic acids is 1. The van der Waals surface area contributed by atoms with E-state index < -0.39 is 0 Å². The van der Waals surface area contributed by atoms with Crippen LogP contribution in [0, 0.1) is 12.8 Å². The Kier molecular flexibility index (Phi) is 4.58. The molecule has 0 aromatic carbocycles. The van der Waals surface area contributed by atoms with E-state index in [2.05, 4.69) is 15.1 Å². The standard InChI is InChI=1S/C18H22N4O4/c1-13-8-15(21-26-13)17(23)22-11-18(12-22)9-14(3-7-25-18)2-6-24-16-10-19-4-5-20-16/h4-5,8,10,14H,2-3,6-7,9,11-12H2,1H3/t14-/m1/s1. The summed E-state index contributed by atoms with van der Waals surface area (Å²) in [6.45, 7) is 4.33. The zero-order valence-corrected chi connectivity index (χ0v) is 14.8. The Balaban J connectivity index is 1.26. The Labute approximate surface area is 151 Å². The lowest BCUT2D eigenvalue weighted by atomic mass is 9.79. The lowest BCUT2D eigenvalue weighted by Gasteiger charge is -2.53. The first-order valence-corrected chi connectivity index (χ1v) is 8.89. The third-order valence-corrected chi connectivity index (χ3v) is 5.00. The van der Waals surface area contributed by atoms with Crippen LogP contribution in [-0.4, -0.2) is 57.8 Å². The van der Waals surface area contributed by atoms with Crippen molar-refractivity contribution in [1.29, 1.82) is 0 Å². The van der Waals surface area contributed by atoms with Gasteiger partial charge >= 0.3 is 0 Å². The van der Waals surface area contributed by atoms with Crippen LogP contribution in [0.1, 0.15) is 35.5 Å². The normalized spacial score (nSPS) is 21.4. The molecular formula is C18H22N4O4. The molecule has 8 nitrogen and oxygen atoms in total. The van der Waals surface area contributed by atoms with Crippen LogP contribution in [0.2, 0.25) is 0 Å². The quantitative estimate of drug-likeness (QED) is 0.806. The first kappa shape index (κ1) is 17.0. The van der Waals surface area contributed by atoms with Crippen molar-refractivity contribution < 1.29 is 18.8 Å². The summed E-state index contributed by atoms with van der Waals surface area (Å²) in [4.78, 5) is 22.3. The number of nitrogens with zero attached hydrogens (tertiary/aromatic N) is 4. The summed E-state index contributed by atoms with van der Waals surface area (Å²) in [6, 6.07) is 1.67. The number of carbonyl (C=O) groups is 1. The molecule has 26 heavy (non-hydrogen) atoms. The third-order valence-electron chi connectivity index (χ3n) is 5.00. The monoisotopic (exact) mass is 358 g/mol. The van der Waals surface area contributed by atoms with Crippen LogP contribution in [0.5, 0.6) is 5.88 Å². The highest BCUT2D eigenvalue weighted by molar-refractivity contribution is 5.93. The van der Waals surface area contributed by atoms with Crippen molar-refractivity contribution in [3.63, 3.8) is 0 Å². The van der Waals surface area contributed by atoms with Crippen molar-refractivity contribution in [3.8, 4) is 5.88 Å². The van der Waals surface area contributed by atoms with Gasteiger partial charge in [-0.15, -0.1) is 0 Å². The van der Waals surface area contributed by atoms with Crippen molar-refractivity contribution in [2.45, 2.75) is 31.8 Å². The van der Waals surface area contributed by atoms with E-state index in [4.69, 9.17) is 14.0 Å². The molecule has 8 heteroatoms. The van der Waals surface area contributed by atoms with Gasteiger partial charge in [-0.2, -0.15) is 0 Å². The van der Waals surface area contributed by atoms with E-state index in [1.54, 1.807) is 36.5 Å². The van der Waals surface area contributed by atoms with Crippen LogP contribution in [0.3, 0.4) is 0 Å². The van der Waals surface area contributed by atoms with Crippen molar-refractivity contribution in [2.75, 3.05) is 26.3 Å². The van der Waals surface area contributed by atoms with Crippen molar-refractivity contribution >= 4 is 5.91 Å². The van der Waals surface area contributed by atoms with Gasteiger partial charge in [0.1, 0.15) is 11.4 Å². The summed E-state index contributed by atoms with van der Waals surface area (Å²) in [6.07, 6.45) is 7.76. The van der Waals surface area contributed by atoms with E-state index in [0.717, 1.165) is 25.9 Å². The molecular weight excluding hydrogens is 336 g/mol. The molecule has 0 aliphatic carbocycles. The number of hydrogen-bond donors (Lipinski definition) is 0. The zero-order chi connectivity index (χ0) is 18.0. The predicted octanol–water partition coefficient (Wildman–Crippen LogP) is 1.86. The van der Waals surface area contributed by atoms with Crippen LogP contribution in [0.15, 0.2) is 29.2 Å². The fourth-order valence-corrected chi connectivity index (χ4v) is 3.71. The molecule has 1 atom stereocenters. The average molecular weight is 358 g/mol. The van der Waals surface area contributed by atoms with Gasteiger partial charge in [0, 0.05) is 25.1 Å². The van der Waals surface area contributed by atoms with Crippen LogP contribution in [0.4, 0.5) is 0 Å². The molecule has 1 amide bonds. The van der Waals surface area contributed by atoms with E-state index in [1.165, 1.54) is 0 Å². The van der Waals surface area contributed by atoms with Crippen LogP contribution in [-0.2, 0) is 4.74 Å². The van der Waals surface area contributed by atoms with Gasteiger partial charge in [-0.25, -0.2) is 4.98 Å². The first-order chi connectivity index (χ1) is 12.6. The van der Waals surface area contributed by atoms with E-state index in [9.17, 15) is 4.79 Å². The Hall–Kier alpha value is -2.48. The minimum absolute atomic E-state index is 0.0933.